The van der Waals surface area contributed by atoms with Gasteiger partial charge in [0.15, 0.2) is 0 Å². The molecule has 0 radical (unpaired) electrons. The number of aromatic amines is 1. The molecule has 0 saturated carbocycles. The number of primary amides is 1. The minimum absolute atomic E-state index is 0.0288. The summed E-state index contributed by atoms with van der Waals surface area (Å²) in [6, 6.07) is 1.67. The Morgan fingerprint density at radius 3 is 2.61 bits per heavy atom. The van der Waals surface area contributed by atoms with Crippen molar-refractivity contribution in [2.75, 3.05) is 19.7 Å². The van der Waals surface area contributed by atoms with Crippen molar-refractivity contribution in [3.63, 3.8) is 0 Å². The molecule has 1 fully saturated rings. The van der Waals surface area contributed by atoms with Gasteiger partial charge in [-0.05, 0) is 25.8 Å². The van der Waals surface area contributed by atoms with Crippen molar-refractivity contribution in [2.24, 2.45) is 5.73 Å². The van der Waals surface area contributed by atoms with Gasteiger partial charge in [-0.2, -0.15) is 5.10 Å². The molecule has 0 spiro atoms. The molecule has 0 unspecified atom stereocenters. The zero-order valence-corrected chi connectivity index (χ0v) is 13.2. The lowest BCUT2D eigenvalue weighted by molar-refractivity contribution is -0.145. The fourth-order valence-electron chi connectivity index (χ4n) is 2.71. The van der Waals surface area contributed by atoms with Crippen LogP contribution in [0.3, 0.4) is 0 Å². The average Bonchev–Trinajstić information content (AvgIpc) is 3.03. The van der Waals surface area contributed by atoms with Crippen LogP contribution in [-0.2, 0) is 14.3 Å². The number of carbonyl (C=O) groups is 3. The van der Waals surface area contributed by atoms with Gasteiger partial charge in [0.2, 0.25) is 5.91 Å². The van der Waals surface area contributed by atoms with Crippen molar-refractivity contribution in [3.8, 4) is 0 Å². The van der Waals surface area contributed by atoms with Gasteiger partial charge in [0.05, 0.1) is 13.0 Å². The van der Waals surface area contributed by atoms with E-state index in [1.165, 1.54) is 0 Å². The number of ether oxygens (including phenoxy) is 1. The molecule has 2 heterocycles. The Hall–Kier alpha value is -2.38. The number of aromatic nitrogens is 2. The van der Waals surface area contributed by atoms with Crippen LogP contribution >= 0.6 is 0 Å². The summed E-state index contributed by atoms with van der Waals surface area (Å²) in [4.78, 5) is 36.2. The maximum Gasteiger partial charge on any atom is 0.306 e. The summed E-state index contributed by atoms with van der Waals surface area (Å²) in [7, 11) is 0. The van der Waals surface area contributed by atoms with Crippen molar-refractivity contribution in [1.82, 2.24) is 15.1 Å². The molecule has 3 N–H and O–H groups in total. The molecule has 1 saturated heterocycles. The highest BCUT2D eigenvalue weighted by molar-refractivity contribution is 5.90. The predicted octanol–water partition coefficient (Wildman–Crippen LogP) is 0.558. The van der Waals surface area contributed by atoms with Gasteiger partial charge < -0.3 is 15.4 Å². The van der Waals surface area contributed by atoms with E-state index in [2.05, 4.69) is 10.2 Å². The van der Waals surface area contributed by atoms with Crippen molar-refractivity contribution in [1.29, 1.82) is 0 Å². The Morgan fingerprint density at radius 1 is 1.35 bits per heavy atom. The minimum Gasteiger partial charge on any atom is -0.466 e. The van der Waals surface area contributed by atoms with Gasteiger partial charge in [-0.25, -0.2) is 0 Å². The topological polar surface area (TPSA) is 118 Å². The second-order valence-corrected chi connectivity index (χ2v) is 5.53. The van der Waals surface area contributed by atoms with E-state index in [1.807, 2.05) is 0 Å². The number of nitrogens with zero attached hydrogens (tertiary/aromatic N) is 2. The van der Waals surface area contributed by atoms with Crippen LogP contribution in [0.25, 0.3) is 0 Å². The summed E-state index contributed by atoms with van der Waals surface area (Å²) >= 11 is 0. The molecule has 2 rings (SSSR count). The van der Waals surface area contributed by atoms with Gasteiger partial charge in [0.25, 0.3) is 5.91 Å². The van der Waals surface area contributed by atoms with E-state index in [9.17, 15) is 14.4 Å². The summed E-state index contributed by atoms with van der Waals surface area (Å²) in [5.74, 6) is -0.699. The summed E-state index contributed by atoms with van der Waals surface area (Å²) in [5.41, 5.74) is 6.29. The highest BCUT2D eigenvalue weighted by atomic mass is 16.5. The molecule has 2 amide bonds. The number of amides is 2. The van der Waals surface area contributed by atoms with Crippen molar-refractivity contribution < 1.29 is 19.1 Å². The summed E-state index contributed by atoms with van der Waals surface area (Å²) in [6.45, 7) is 3.31. The van der Waals surface area contributed by atoms with E-state index < -0.39 is 5.91 Å². The van der Waals surface area contributed by atoms with Gasteiger partial charge in [0.1, 0.15) is 5.69 Å². The van der Waals surface area contributed by atoms with Crippen LogP contribution in [0.2, 0.25) is 0 Å². The van der Waals surface area contributed by atoms with Crippen LogP contribution in [-0.4, -0.2) is 52.6 Å². The largest absolute Gasteiger partial charge is 0.466 e. The van der Waals surface area contributed by atoms with E-state index in [0.717, 1.165) is 18.5 Å². The number of esters is 1. The van der Waals surface area contributed by atoms with E-state index in [-0.39, 0.29) is 36.3 Å². The lowest BCUT2D eigenvalue weighted by Crippen LogP contribution is -2.38. The molecular weight excluding hydrogens is 300 g/mol. The first-order valence-corrected chi connectivity index (χ1v) is 7.79. The first-order valence-electron chi connectivity index (χ1n) is 7.79. The number of carbonyl (C=O) groups excluding carboxylic acids is 3. The smallest absolute Gasteiger partial charge is 0.306 e. The third-order valence-corrected chi connectivity index (χ3v) is 3.99. The molecule has 0 bridgehead atoms. The fourth-order valence-corrected chi connectivity index (χ4v) is 2.71. The Bertz CT molecular complexity index is 576. The lowest BCUT2D eigenvalue weighted by atomic mass is 9.93. The Morgan fingerprint density at radius 2 is 2.04 bits per heavy atom. The molecule has 1 aromatic rings. The van der Waals surface area contributed by atoms with Gasteiger partial charge >= 0.3 is 5.97 Å². The first kappa shape index (κ1) is 17.0. The van der Waals surface area contributed by atoms with Gasteiger partial charge in [-0.1, -0.05) is 0 Å². The number of hydrogen-bond acceptors (Lipinski definition) is 5. The van der Waals surface area contributed by atoms with Crippen LogP contribution in [0.15, 0.2) is 6.07 Å². The minimum atomic E-state index is -0.556. The van der Waals surface area contributed by atoms with Crippen LogP contribution in [0.1, 0.15) is 54.7 Å². The van der Waals surface area contributed by atoms with E-state index >= 15 is 0 Å². The molecule has 0 atom stereocenters. The zero-order valence-electron chi connectivity index (χ0n) is 13.2. The molecule has 8 heteroatoms. The summed E-state index contributed by atoms with van der Waals surface area (Å²) < 4.78 is 4.82. The molecule has 8 nitrogen and oxygen atoms in total. The number of hydrogen-bond donors (Lipinski definition) is 2. The normalized spacial score (nSPS) is 15.4. The lowest BCUT2D eigenvalue weighted by Gasteiger charge is -2.31. The maximum atomic E-state index is 12.1. The Kier molecular flexibility index (Phi) is 5.72. The summed E-state index contributed by atoms with van der Waals surface area (Å²) in [6.07, 6.45) is 1.87. The number of likely N-dealkylation sites (tertiary alicyclic amines) is 1. The highest BCUT2D eigenvalue weighted by Gasteiger charge is 2.25. The highest BCUT2D eigenvalue weighted by Crippen LogP contribution is 2.27. The van der Waals surface area contributed by atoms with Gasteiger partial charge in [-0.3, -0.25) is 19.5 Å². The van der Waals surface area contributed by atoms with Crippen LogP contribution < -0.4 is 5.73 Å². The first-order chi connectivity index (χ1) is 11.0. The maximum absolute atomic E-state index is 12.1. The quantitative estimate of drug-likeness (QED) is 0.742. The predicted molar refractivity (Wildman–Crippen MR) is 81.5 cm³/mol. The fraction of sp³-hybridized carbons (Fsp3) is 0.600. The number of piperidine rings is 1. The molecule has 0 aromatic carbocycles. The van der Waals surface area contributed by atoms with E-state index in [4.69, 9.17) is 10.5 Å². The number of rotatable bonds is 6. The molecular formula is C15H22N4O4. The van der Waals surface area contributed by atoms with Crippen molar-refractivity contribution >= 4 is 17.8 Å². The second kappa shape index (κ2) is 7.75. The molecule has 1 aliphatic rings. The average molecular weight is 322 g/mol. The Balaban J connectivity index is 1.79. The second-order valence-electron chi connectivity index (χ2n) is 5.53. The number of nitrogens with one attached hydrogen (secondary N) is 1. The van der Waals surface area contributed by atoms with Gasteiger partial charge in [0, 0.05) is 31.1 Å². The van der Waals surface area contributed by atoms with Crippen LogP contribution in [0.5, 0.6) is 0 Å². The zero-order chi connectivity index (χ0) is 16.8. The molecule has 1 aromatic heterocycles. The number of nitrogens with two attached hydrogens (primary N) is 1. The standard InChI is InChI=1S/C15H22N4O4/c1-2-23-14(21)4-3-13(20)19-7-5-10(6-8-19)11-9-12(15(16)22)18-17-11/h9-10H,2-8H2,1H3,(H2,16,22)(H,17,18). The Labute approximate surface area is 134 Å². The SMILES string of the molecule is CCOC(=O)CCC(=O)N1CCC(c2cc(C(N)=O)n[nH]2)CC1. The summed E-state index contributed by atoms with van der Waals surface area (Å²) in [5, 5.41) is 6.72. The number of H-pyrrole nitrogens is 1. The molecule has 126 valence electrons. The van der Waals surface area contributed by atoms with Crippen LogP contribution in [0.4, 0.5) is 0 Å². The third kappa shape index (κ3) is 4.54. The van der Waals surface area contributed by atoms with Gasteiger partial charge in [-0.15, -0.1) is 0 Å². The van der Waals surface area contributed by atoms with Crippen molar-refractivity contribution in [3.05, 3.63) is 17.5 Å². The van der Waals surface area contributed by atoms with Crippen molar-refractivity contribution in [2.45, 2.75) is 38.5 Å². The molecule has 23 heavy (non-hydrogen) atoms. The third-order valence-electron chi connectivity index (χ3n) is 3.99. The molecule has 1 aliphatic heterocycles. The van der Waals surface area contributed by atoms with E-state index in [1.54, 1.807) is 17.9 Å². The molecule has 0 aliphatic carbocycles. The van der Waals surface area contributed by atoms with E-state index in [0.29, 0.717) is 19.7 Å². The monoisotopic (exact) mass is 322 g/mol. The van der Waals surface area contributed by atoms with Crippen LogP contribution in [0, 0.1) is 0 Å².